The molecule has 2 aromatic carbocycles. The Morgan fingerprint density at radius 2 is 1.87 bits per heavy atom. The molecule has 30 heavy (non-hydrogen) atoms. The van der Waals surface area contributed by atoms with Crippen molar-refractivity contribution in [2.45, 2.75) is 45.1 Å². The van der Waals surface area contributed by atoms with Gasteiger partial charge in [0.15, 0.2) is 0 Å². The summed E-state index contributed by atoms with van der Waals surface area (Å²) >= 11 is 0. The lowest BCUT2D eigenvalue weighted by atomic mass is 9.84. The van der Waals surface area contributed by atoms with Gasteiger partial charge in [0.2, 0.25) is 5.91 Å². The molecule has 0 saturated carbocycles. The van der Waals surface area contributed by atoms with Crippen LogP contribution < -0.4 is 10.1 Å². The number of carbonyl (C=O) groups excluding carboxylic acids is 2. The van der Waals surface area contributed by atoms with Gasteiger partial charge in [0.05, 0.1) is 12.2 Å². The molecule has 1 saturated heterocycles. The number of nitrogens with zero attached hydrogens (tertiary/aromatic N) is 1. The molecule has 0 aromatic heterocycles. The molecule has 1 aliphatic rings. The highest BCUT2D eigenvalue weighted by molar-refractivity contribution is 6.00. The quantitative estimate of drug-likeness (QED) is 0.750. The summed E-state index contributed by atoms with van der Waals surface area (Å²) in [5, 5.41) is 2.94. The van der Waals surface area contributed by atoms with Crippen molar-refractivity contribution in [2.24, 2.45) is 0 Å². The summed E-state index contributed by atoms with van der Waals surface area (Å²) in [5.74, 6) is -0.178. The summed E-state index contributed by atoms with van der Waals surface area (Å²) in [5.41, 5.74) is 0.441. The molecule has 3 rings (SSSR count). The molecular formula is C24H29FN2O3. The fourth-order valence-corrected chi connectivity index (χ4v) is 3.89. The number of likely N-dealkylation sites (tertiary alicyclic amines) is 1. The minimum absolute atomic E-state index is 0.204. The molecule has 0 aliphatic carbocycles. The van der Waals surface area contributed by atoms with Crippen molar-refractivity contribution in [1.29, 1.82) is 0 Å². The first-order valence-corrected chi connectivity index (χ1v) is 10.4. The van der Waals surface area contributed by atoms with Gasteiger partial charge in [-0.3, -0.25) is 9.59 Å². The SMILES string of the molecule is CCOc1ccccc1C(=O)N1CCCC1C(=O)NCC(C)(C)c1ccccc1F. The van der Waals surface area contributed by atoms with Crippen LogP contribution in [0.5, 0.6) is 5.75 Å². The fourth-order valence-electron chi connectivity index (χ4n) is 3.89. The minimum atomic E-state index is -0.573. The van der Waals surface area contributed by atoms with Gasteiger partial charge < -0.3 is 15.0 Å². The average molecular weight is 413 g/mol. The Labute approximate surface area is 177 Å². The first-order chi connectivity index (χ1) is 14.3. The van der Waals surface area contributed by atoms with Crippen LogP contribution in [0, 0.1) is 5.82 Å². The van der Waals surface area contributed by atoms with Crippen molar-refractivity contribution in [3.05, 3.63) is 65.5 Å². The Hall–Kier alpha value is -2.89. The Morgan fingerprint density at radius 1 is 1.17 bits per heavy atom. The van der Waals surface area contributed by atoms with Crippen LogP contribution >= 0.6 is 0 Å². The van der Waals surface area contributed by atoms with Crippen LogP contribution in [0.25, 0.3) is 0 Å². The maximum absolute atomic E-state index is 14.2. The summed E-state index contributed by atoms with van der Waals surface area (Å²) in [7, 11) is 0. The van der Waals surface area contributed by atoms with E-state index in [1.165, 1.54) is 6.07 Å². The zero-order valence-corrected chi connectivity index (χ0v) is 17.8. The normalized spacial score (nSPS) is 16.4. The van der Waals surface area contributed by atoms with E-state index in [4.69, 9.17) is 4.74 Å². The number of halogens is 1. The summed E-state index contributed by atoms with van der Waals surface area (Å²) in [6.07, 6.45) is 1.37. The second-order valence-electron chi connectivity index (χ2n) is 8.17. The number of nitrogens with one attached hydrogen (secondary N) is 1. The Balaban J connectivity index is 1.70. The maximum atomic E-state index is 14.2. The van der Waals surface area contributed by atoms with Crippen molar-refractivity contribution in [3.63, 3.8) is 0 Å². The number of hydrogen-bond donors (Lipinski definition) is 1. The predicted octanol–water partition coefficient (Wildman–Crippen LogP) is 3.92. The minimum Gasteiger partial charge on any atom is -0.493 e. The van der Waals surface area contributed by atoms with Gasteiger partial charge in [0.25, 0.3) is 5.91 Å². The van der Waals surface area contributed by atoms with Gasteiger partial charge in [-0.1, -0.05) is 44.2 Å². The molecule has 1 unspecified atom stereocenters. The van der Waals surface area contributed by atoms with Gasteiger partial charge in [0.1, 0.15) is 17.6 Å². The molecule has 1 fully saturated rings. The van der Waals surface area contributed by atoms with Gasteiger partial charge in [-0.05, 0) is 43.5 Å². The third-order valence-corrected chi connectivity index (χ3v) is 5.54. The summed E-state index contributed by atoms with van der Waals surface area (Å²) in [6, 6.07) is 13.1. The molecule has 0 bridgehead atoms. The van der Waals surface area contributed by atoms with E-state index in [0.717, 1.165) is 6.42 Å². The number of ether oxygens (including phenoxy) is 1. The van der Waals surface area contributed by atoms with Crippen LogP contribution in [0.3, 0.4) is 0 Å². The highest BCUT2D eigenvalue weighted by atomic mass is 19.1. The lowest BCUT2D eigenvalue weighted by Gasteiger charge is -2.29. The lowest BCUT2D eigenvalue weighted by molar-refractivity contribution is -0.125. The van der Waals surface area contributed by atoms with Gasteiger partial charge in [-0.2, -0.15) is 0 Å². The van der Waals surface area contributed by atoms with Gasteiger partial charge >= 0.3 is 0 Å². The lowest BCUT2D eigenvalue weighted by Crippen LogP contribution is -2.48. The van der Waals surface area contributed by atoms with Gasteiger partial charge in [0, 0.05) is 18.5 Å². The number of amides is 2. The fraction of sp³-hybridized carbons (Fsp3) is 0.417. The zero-order chi connectivity index (χ0) is 21.7. The molecular weight excluding hydrogens is 383 g/mol. The van der Waals surface area contributed by atoms with Gasteiger partial charge in [-0.25, -0.2) is 4.39 Å². The second kappa shape index (κ2) is 9.28. The Bertz CT molecular complexity index is 913. The number of carbonyl (C=O) groups is 2. The van der Waals surface area contributed by atoms with E-state index in [2.05, 4.69) is 5.32 Å². The van der Waals surface area contributed by atoms with E-state index < -0.39 is 11.5 Å². The first-order valence-electron chi connectivity index (χ1n) is 10.4. The van der Waals surface area contributed by atoms with Crippen LogP contribution in [0.1, 0.15) is 49.5 Å². The van der Waals surface area contributed by atoms with E-state index in [1.54, 1.807) is 41.3 Å². The molecule has 0 spiro atoms. The third-order valence-electron chi connectivity index (χ3n) is 5.54. The highest BCUT2D eigenvalue weighted by Crippen LogP contribution is 2.27. The monoisotopic (exact) mass is 412 g/mol. The number of hydrogen-bond acceptors (Lipinski definition) is 3. The van der Waals surface area contributed by atoms with E-state index in [-0.39, 0.29) is 24.2 Å². The van der Waals surface area contributed by atoms with Crippen LogP contribution in [0.15, 0.2) is 48.5 Å². The first kappa shape index (κ1) is 21.8. The molecule has 2 aromatic rings. The van der Waals surface area contributed by atoms with Crippen molar-refractivity contribution < 1.29 is 18.7 Å². The summed E-state index contributed by atoms with van der Waals surface area (Å²) < 4.78 is 19.8. The molecule has 1 heterocycles. The Morgan fingerprint density at radius 3 is 2.60 bits per heavy atom. The van der Waals surface area contributed by atoms with Crippen LogP contribution in [0.4, 0.5) is 4.39 Å². The molecule has 1 aliphatic heterocycles. The zero-order valence-electron chi connectivity index (χ0n) is 17.8. The molecule has 6 heteroatoms. The molecule has 160 valence electrons. The van der Waals surface area contributed by atoms with Gasteiger partial charge in [-0.15, -0.1) is 0 Å². The second-order valence-corrected chi connectivity index (χ2v) is 8.17. The van der Waals surface area contributed by atoms with Crippen molar-refractivity contribution in [2.75, 3.05) is 19.7 Å². The van der Waals surface area contributed by atoms with Crippen LogP contribution in [-0.4, -0.2) is 42.5 Å². The maximum Gasteiger partial charge on any atom is 0.258 e. The number of para-hydroxylation sites is 1. The van der Waals surface area contributed by atoms with Crippen LogP contribution in [0.2, 0.25) is 0 Å². The van der Waals surface area contributed by atoms with E-state index in [9.17, 15) is 14.0 Å². The highest BCUT2D eigenvalue weighted by Gasteiger charge is 2.36. The topological polar surface area (TPSA) is 58.6 Å². The number of benzene rings is 2. The predicted molar refractivity (Wildman–Crippen MR) is 114 cm³/mol. The molecule has 1 atom stereocenters. The summed E-state index contributed by atoms with van der Waals surface area (Å²) in [4.78, 5) is 27.7. The van der Waals surface area contributed by atoms with E-state index >= 15 is 0 Å². The molecule has 1 N–H and O–H groups in total. The largest absolute Gasteiger partial charge is 0.493 e. The van der Waals surface area contributed by atoms with Crippen molar-refractivity contribution >= 4 is 11.8 Å². The molecule has 0 radical (unpaired) electrons. The van der Waals surface area contributed by atoms with Crippen molar-refractivity contribution in [3.8, 4) is 5.75 Å². The standard InChI is InChI=1S/C24H29FN2O3/c1-4-30-21-14-8-5-10-17(21)23(29)27-15-9-13-20(27)22(28)26-16-24(2,3)18-11-6-7-12-19(18)25/h5-8,10-12,14,20H,4,9,13,15-16H2,1-3H3,(H,26,28). The Kier molecular flexibility index (Phi) is 6.75. The average Bonchev–Trinajstić information content (AvgIpc) is 3.22. The van der Waals surface area contributed by atoms with Crippen LogP contribution in [-0.2, 0) is 10.2 Å². The molecule has 2 amide bonds. The van der Waals surface area contributed by atoms with E-state index in [0.29, 0.717) is 36.4 Å². The smallest absolute Gasteiger partial charge is 0.258 e. The van der Waals surface area contributed by atoms with Crippen molar-refractivity contribution in [1.82, 2.24) is 10.2 Å². The molecule has 5 nitrogen and oxygen atoms in total. The number of rotatable bonds is 7. The third kappa shape index (κ3) is 4.64. The van der Waals surface area contributed by atoms with E-state index in [1.807, 2.05) is 26.8 Å². The summed E-state index contributed by atoms with van der Waals surface area (Å²) in [6.45, 7) is 6.90.